The zero-order valence-corrected chi connectivity index (χ0v) is 19.9. The topological polar surface area (TPSA) is 76.4 Å². The number of hydrogen-bond acceptors (Lipinski definition) is 7. The van der Waals surface area contributed by atoms with Crippen LogP contribution in [0.25, 0.3) is 16.5 Å². The van der Waals surface area contributed by atoms with E-state index in [0.717, 1.165) is 42.2 Å². The van der Waals surface area contributed by atoms with E-state index in [4.69, 9.17) is 9.72 Å². The summed E-state index contributed by atoms with van der Waals surface area (Å²) in [6.45, 7) is 5.11. The molecule has 1 aliphatic rings. The maximum atomic E-state index is 13.3. The van der Waals surface area contributed by atoms with Crippen LogP contribution in [0.5, 0.6) is 0 Å². The van der Waals surface area contributed by atoms with E-state index in [9.17, 15) is 4.79 Å². The predicted octanol–water partition coefficient (Wildman–Crippen LogP) is 3.26. The molecule has 0 saturated carbocycles. The Kier molecular flexibility index (Phi) is 6.98. The number of piperidine rings is 1. The van der Waals surface area contributed by atoms with Gasteiger partial charge in [0.2, 0.25) is 0 Å². The number of aryl methyl sites for hydroxylation is 1. The molecule has 0 aliphatic carbocycles. The highest BCUT2D eigenvalue weighted by Crippen LogP contribution is 2.27. The summed E-state index contributed by atoms with van der Waals surface area (Å²) in [4.78, 5) is 27.8. The van der Waals surface area contributed by atoms with Gasteiger partial charge in [0.05, 0.1) is 34.6 Å². The summed E-state index contributed by atoms with van der Waals surface area (Å²) in [5.41, 5.74) is 3.05. The van der Waals surface area contributed by atoms with Gasteiger partial charge >= 0.3 is 0 Å². The molecule has 8 nitrogen and oxygen atoms in total. The molecule has 0 spiro atoms. The largest absolute Gasteiger partial charge is 0.378 e. The molecule has 0 bridgehead atoms. The summed E-state index contributed by atoms with van der Waals surface area (Å²) in [7, 11) is 5.61. The highest BCUT2D eigenvalue weighted by Gasteiger charge is 2.26. The second kappa shape index (κ2) is 9.89. The standard InChI is InChI=1S/C23H30N6O2S/c1-16-11-24-23(26-21(16)20-8-6-10-32-20)29-19(15-31-4)18(12-25-29)22(30)28(3)14-17-7-5-9-27(2)13-17/h6,8,10-12,17H,5,7,9,13-15H2,1-4H3/t17-/m0/s1. The Labute approximate surface area is 192 Å². The number of aromatic nitrogens is 4. The lowest BCUT2D eigenvalue weighted by Gasteiger charge is -2.32. The molecule has 0 aromatic carbocycles. The van der Waals surface area contributed by atoms with Crippen LogP contribution < -0.4 is 0 Å². The fourth-order valence-electron chi connectivity index (χ4n) is 4.30. The van der Waals surface area contributed by atoms with Crippen molar-refractivity contribution in [3.63, 3.8) is 0 Å². The molecule has 0 unspecified atom stereocenters. The average molecular weight is 455 g/mol. The summed E-state index contributed by atoms with van der Waals surface area (Å²) in [5, 5.41) is 6.50. The number of hydrogen-bond donors (Lipinski definition) is 0. The third-order valence-corrected chi connectivity index (χ3v) is 6.76. The van der Waals surface area contributed by atoms with Gasteiger partial charge in [0, 0.05) is 33.4 Å². The zero-order valence-electron chi connectivity index (χ0n) is 19.1. The van der Waals surface area contributed by atoms with E-state index in [2.05, 4.69) is 22.0 Å². The van der Waals surface area contributed by atoms with Gasteiger partial charge in [-0.2, -0.15) is 9.78 Å². The van der Waals surface area contributed by atoms with Gasteiger partial charge in [0.15, 0.2) is 0 Å². The first-order chi connectivity index (χ1) is 15.5. The van der Waals surface area contributed by atoms with Crippen LogP contribution >= 0.6 is 11.3 Å². The van der Waals surface area contributed by atoms with Crippen LogP contribution in [0.3, 0.4) is 0 Å². The molecule has 0 radical (unpaired) electrons. The van der Waals surface area contributed by atoms with Gasteiger partial charge in [-0.3, -0.25) is 4.79 Å². The third-order valence-electron chi connectivity index (χ3n) is 5.88. The highest BCUT2D eigenvalue weighted by atomic mass is 32.1. The van der Waals surface area contributed by atoms with Crippen molar-refractivity contribution >= 4 is 17.2 Å². The van der Waals surface area contributed by atoms with Crippen LogP contribution in [-0.4, -0.2) is 76.3 Å². The molecule has 3 aromatic rings. The van der Waals surface area contributed by atoms with Crippen molar-refractivity contribution in [3.8, 4) is 16.5 Å². The van der Waals surface area contributed by atoms with Crippen LogP contribution in [-0.2, 0) is 11.3 Å². The predicted molar refractivity (Wildman–Crippen MR) is 125 cm³/mol. The first-order valence-corrected chi connectivity index (χ1v) is 11.7. The average Bonchev–Trinajstić information content (AvgIpc) is 3.44. The second-order valence-electron chi connectivity index (χ2n) is 8.48. The zero-order chi connectivity index (χ0) is 22.7. The number of carbonyl (C=O) groups excluding carboxylic acids is 1. The van der Waals surface area contributed by atoms with Crippen molar-refractivity contribution in [3.05, 3.63) is 46.7 Å². The van der Waals surface area contributed by atoms with Crippen LogP contribution in [0, 0.1) is 12.8 Å². The van der Waals surface area contributed by atoms with Gasteiger partial charge in [0.25, 0.3) is 11.9 Å². The SMILES string of the molecule is COCc1c(C(=O)N(C)C[C@H]2CCCN(C)C2)cnn1-c1ncc(C)c(-c2cccs2)n1. The van der Waals surface area contributed by atoms with Gasteiger partial charge < -0.3 is 14.5 Å². The number of nitrogens with zero attached hydrogens (tertiary/aromatic N) is 6. The van der Waals surface area contributed by atoms with Crippen molar-refractivity contribution in [1.29, 1.82) is 0 Å². The smallest absolute Gasteiger partial charge is 0.257 e. The number of amides is 1. The van der Waals surface area contributed by atoms with E-state index in [1.165, 1.54) is 6.42 Å². The van der Waals surface area contributed by atoms with Crippen molar-refractivity contribution in [2.45, 2.75) is 26.4 Å². The summed E-state index contributed by atoms with van der Waals surface area (Å²) in [6.07, 6.45) is 5.72. The Morgan fingerprint density at radius 2 is 2.22 bits per heavy atom. The normalized spacial score (nSPS) is 16.9. The fraction of sp³-hybridized carbons (Fsp3) is 0.478. The van der Waals surface area contributed by atoms with Gasteiger partial charge in [0.1, 0.15) is 0 Å². The maximum absolute atomic E-state index is 13.3. The number of carbonyl (C=O) groups is 1. The van der Waals surface area contributed by atoms with Crippen LogP contribution in [0.4, 0.5) is 0 Å². The van der Waals surface area contributed by atoms with Crippen LogP contribution in [0.1, 0.15) is 34.5 Å². The Hall–Kier alpha value is -2.62. The molecule has 1 fully saturated rings. The van der Waals surface area contributed by atoms with Crippen LogP contribution in [0.2, 0.25) is 0 Å². The van der Waals surface area contributed by atoms with Gasteiger partial charge in [-0.25, -0.2) is 9.97 Å². The lowest BCUT2D eigenvalue weighted by atomic mass is 9.98. The summed E-state index contributed by atoms with van der Waals surface area (Å²) < 4.78 is 7.04. The Morgan fingerprint density at radius 3 is 2.94 bits per heavy atom. The monoisotopic (exact) mass is 454 g/mol. The minimum atomic E-state index is -0.0536. The van der Waals surface area contributed by atoms with Crippen molar-refractivity contribution < 1.29 is 9.53 Å². The summed E-state index contributed by atoms with van der Waals surface area (Å²) in [5.74, 6) is 0.862. The Balaban J connectivity index is 1.61. The van der Waals surface area contributed by atoms with Gasteiger partial charge in [-0.05, 0) is 56.3 Å². The summed E-state index contributed by atoms with van der Waals surface area (Å²) >= 11 is 1.63. The number of ether oxygens (including phenoxy) is 1. The molecule has 1 saturated heterocycles. The molecule has 1 atom stereocenters. The summed E-state index contributed by atoms with van der Waals surface area (Å²) in [6, 6.07) is 4.04. The van der Waals surface area contributed by atoms with Crippen LogP contribution in [0.15, 0.2) is 29.9 Å². The number of methoxy groups -OCH3 is 1. The van der Waals surface area contributed by atoms with Gasteiger partial charge in [-0.15, -0.1) is 11.3 Å². The third kappa shape index (κ3) is 4.74. The van der Waals surface area contributed by atoms with Crippen molar-refractivity contribution in [1.82, 2.24) is 29.5 Å². The number of rotatable bonds is 7. The number of thiophene rings is 1. The van der Waals surface area contributed by atoms with E-state index < -0.39 is 0 Å². The quantitative estimate of drug-likeness (QED) is 0.545. The van der Waals surface area contributed by atoms with E-state index in [0.29, 0.717) is 23.1 Å². The number of likely N-dealkylation sites (tertiary alicyclic amines) is 1. The first kappa shape index (κ1) is 22.6. The molecule has 1 amide bonds. The van der Waals surface area contributed by atoms with E-state index in [-0.39, 0.29) is 12.5 Å². The molecule has 0 N–H and O–H groups in total. The molecule has 3 aromatic heterocycles. The van der Waals surface area contributed by atoms with E-state index in [1.54, 1.807) is 40.4 Å². The van der Waals surface area contributed by atoms with E-state index >= 15 is 0 Å². The van der Waals surface area contributed by atoms with Gasteiger partial charge in [-0.1, -0.05) is 6.07 Å². The van der Waals surface area contributed by atoms with Crippen molar-refractivity contribution in [2.24, 2.45) is 5.92 Å². The maximum Gasteiger partial charge on any atom is 0.257 e. The molecular weight excluding hydrogens is 424 g/mol. The molecule has 32 heavy (non-hydrogen) atoms. The lowest BCUT2D eigenvalue weighted by Crippen LogP contribution is -2.40. The molecule has 4 heterocycles. The molecule has 170 valence electrons. The molecule has 1 aliphatic heterocycles. The van der Waals surface area contributed by atoms with Crippen molar-refractivity contribution in [2.75, 3.05) is 40.8 Å². The first-order valence-electron chi connectivity index (χ1n) is 10.9. The molecule has 4 rings (SSSR count). The second-order valence-corrected chi connectivity index (χ2v) is 9.43. The Bertz CT molecular complexity index is 1060. The lowest BCUT2D eigenvalue weighted by molar-refractivity contribution is 0.0736. The highest BCUT2D eigenvalue weighted by molar-refractivity contribution is 7.13. The fourth-order valence-corrected chi connectivity index (χ4v) is 5.08. The minimum absolute atomic E-state index is 0.0536. The van der Waals surface area contributed by atoms with E-state index in [1.807, 2.05) is 31.5 Å². The Morgan fingerprint density at radius 1 is 1.38 bits per heavy atom. The molecular formula is C23H30N6O2S. The molecule has 9 heteroatoms. The minimum Gasteiger partial charge on any atom is -0.378 e.